The molecule has 0 heterocycles. The summed E-state index contributed by atoms with van der Waals surface area (Å²) in [5.41, 5.74) is 5.70. The number of aryl methyl sites for hydroxylation is 1. The molecule has 188 valence electrons. The minimum absolute atomic E-state index is 0.0503. The number of methoxy groups -OCH3 is 1. The molecule has 34 heavy (non-hydrogen) atoms. The molecule has 11 nitrogen and oxygen atoms in total. The van der Waals surface area contributed by atoms with E-state index in [2.05, 4.69) is 15.4 Å². The lowest BCUT2D eigenvalue weighted by molar-refractivity contribution is -0.145. The number of primary amides is 1. The summed E-state index contributed by atoms with van der Waals surface area (Å²) in [5, 5.41) is 4.85. The molecule has 0 saturated carbocycles. The van der Waals surface area contributed by atoms with E-state index >= 15 is 0 Å². The second-order valence-electron chi connectivity index (χ2n) is 8.55. The Morgan fingerprint density at radius 3 is 2.24 bits per heavy atom. The molecule has 0 radical (unpaired) electrons. The Morgan fingerprint density at radius 1 is 1.12 bits per heavy atom. The molecular formula is C23H34N4O7. The van der Waals surface area contributed by atoms with Gasteiger partial charge in [0.15, 0.2) is 0 Å². The first kappa shape index (κ1) is 28.4. The number of nitrogens with two attached hydrogens (primary N) is 1. The predicted octanol–water partition coefficient (Wildman–Crippen LogP) is 0.943. The smallest absolute Gasteiger partial charge is 0.408 e. The van der Waals surface area contributed by atoms with Crippen molar-refractivity contribution in [3.05, 3.63) is 35.4 Å². The van der Waals surface area contributed by atoms with Crippen LogP contribution in [0.1, 0.15) is 51.3 Å². The molecule has 2 atom stereocenters. The van der Waals surface area contributed by atoms with Crippen LogP contribution in [0.15, 0.2) is 24.3 Å². The quantitative estimate of drug-likeness (QED) is 0.422. The molecule has 1 rings (SSSR count). The number of likely N-dealkylation sites (N-methyl/N-ethyl adjacent to an activating group) is 1. The number of benzene rings is 1. The normalized spacial score (nSPS) is 12.6. The maximum Gasteiger partial charge on any atom is 0.408 e. The van der Waals surface area contributed by atoms with Gasteiger partial charge in [-0.15, -0.1) is 0 Å². The van der Waals surface area contributed by atoms with Crippen molar-refractivity contribution in [2.24, 2.45) is 5.73 Å². The summed E-state index contributed by atoms with van der Waals surface area (Å²) in [5.74, 6) is -2.84. The first-order valence-electron chi connectivity index (χ1n) is 10.8. The highest BCUT2D eigenvalue weighted by Crippen LogP contribution is 2.25. The van der Waals surface area contributed by atoms with Crippen molar-refractivity contribution >= 4 is 29.8 Å². The summed E-state index contributed by atoms with van der Waals surface area (Å²) < 4.78 is 9.76. The lowest BCUT2D eigenvalue weighted by atomic mass is 9.98. The van der Waals surface area contributed by atoms with Crippen molar-refractivity contribution in [3.8, 4) is 0 Å². The Morgan fingerprint density at radius 2 is 1.74 bits per heavy atom. The zero-order chi connectivity index (χ0) is 26.1. The molecule has 1 aromatic carbocycles. The van der Waals surface area contributed by atoms with E-state index in [1.165, 1.54) is 12.0 Å². The van der Waals surface area contributed by atoms with E-state index < -0.39 is 60.4 Å². The van der Waals surface area contributed by atoms with Crippen LogP contribution in [-0.4, -0.2) is 66.5 Å². The fourth-order valence-corrected chi connectivity index (χ4v) is 3.19. The summed E-state index contributed by atoms with van der Waals surface area (Å²) in [7, 11) is 1.19. The first-order chi connectivity index (χ1) is 15.8. The number of ether oxygens (including phenoxy) is 2. The monoisotopic (exact) mass is 478 g/mol. The minimum Gasteiger partial charge on any atom is -0.468 e. The van der Waals surface area contributed by atoms with Gasteiger partial charge in [0, 0.05) is 6.54 Å². The van der Waals surface area contributed by atoms with E-state index in [-0.39, 0.29) is 6.54 Å². The number of rotatable bonds is 10. The Labute approximate surface area is 199 Å². The highest BCUT2D eigenvalue weighted by molar-refractivity contribution is 5.95. The molecule has 0 aliphatic carbocycles. The minimum atomic E-state index is -1.37. The van der Waals surface area contributed by atoms with E-state index in [1.807, 2.05) is 0 Å². The van der Waals surface area contributed by atoms with Gasteiger partial charge in [-0.05, 0) is 45.7 Å². The number of nitrogens with one attached hydrogen (secondary N) is 2. The molecule has 4 amide bonds. The molecule has 0 aromatic heterocycles. The van der Waals surface area contributed by atoms with Crippen LogP contribution in [0.2, 0.25) is 0 Å². The lowest BCUT2D eigenvalue weighted by Gasteiger charge is -2.34. The van der Waals surface area contributed by atoms with Gasteiger partial charge in [-0.1, -0.05) is 24.3 Å². The average molecular weight is 479 g/mol. The standard InChI is InChI=1S/C23H34N4O7/c1-7-27(21(31)16(12-17(24)28)26-22(32)34-23(3,4)5)19(15-11-9-8-10-14(15)2)20(30)25-13-18(29)33-6/h8-11,16,19H,7,12-13H2,1-6H3,(H2,24,28)(H,25,30)(H,26,32). The Hall–Kier alpha value is -3.63. The summed E-state index contributed by atoms with van der Waals surface area (Å²) >= 11 is 0. The number of amides is 4. The van der Waals surface area contributed by atoms with Gasteiger partial charge in [0.1, 0.15) is 24.2 Å². The number of carbonyl (C=O) groups excluding carboxylic acids is 5. The number of esters is 1. The maximum absolute atomic E-state index is 13.5. The summed E-state index contributed by atoms with van der Waals surface area (Å²) in [6, 6.07) is 4.42. The van der Waals surface area contributed by atoms with Crippen molar-refractivity contribution < 1.29 is 33.4 Å². The SMILES string of the molecule is CCN(C(=O)C(CC(N)=O)NC(=O)OC(C)(C)C)C(C(=O)NCC(=O)OC)c1ccccc1C. The van der Waals surface area contributed by atoms with Crippen LogP contribution in [-0.2, 0) is 28.7 Å². The third kappa shape index (κ3) is 8.72. The zero-order valence-electron chi connectivity index (χ0n) is 20.5. The van der Waals surface area contributed by atoms with E-state index in [0.29, 0.717) is 5.56 Å². The molecule has 0 spiro atoms. The Balaban J connectivity index is 3.36. The maximum atomic E-state index is 13.5. The molecule has 4 N–H and O–H groups in total. The number of nitrogens with zero attached hydrogens (tertiary/aromatic N) is 1. The molecule has 0 bridgehead atoms. The average Bonchev–Trinajstić information content (AvgIpc) is 2.73. The molecule has 0 saturated heterocycles. The van der Waals surface area contributed by atoms with Crippen molar-refractivity contribution in [1.82, 2.24) is 15.5 Å². The van der Waals surface area contributed by atoms with Crippen LogP contribution in [0, 0.1) is 6.92 Å². The second kappa shape index (κ2) is 12.6. The van der Waals surface area contributed by atoms with Gasteiger partial charge in [-0.3, -0.25) is 19.2 Å². The molecule has 0 aliphatic rings. The van der Waals surface area contributed by atoms with E-state index in [0.717, 1.165) is 5.56 Å². The van der Waals surface area contributed by atoms with Gasteiger partial charge in [0.2, 0.25) is 17.7 Å². The molecule has 11 heteroatoms. The number of hydrogen-bond acceptors (Lipinski definition) is 7. The molecule has 0 aliphatic heterocycles. The molecule has 1 aromatic rings. The van der Waals surface area contributed by atoms with Crippen molar-refractivity contribution in [3.63, 3.8) is 0 Å². The van der Waals surface area contributed by atoms with Gasteiger partial charge in [-0.25, -0.2) is 4.79 Å². The Kier molecular flexibility index (Phi) is 10.5. The van der Waals surface area contributed by atoms with E-state index in [1.54, 1.807) is 58.9 Å². The van der Waals surface area contributed by atoms with Gasteiger partial charge in [0.05, 0.1) is 13.5 Å². The van der Waals surface area contributed by atoms with Crippen molar-refractivity contribution in [2.75, 3.05) is 20.2 Å². The predicted molar refractivity (Wildman–Crippen MR) is 123 cm³/mol. The van der Waals surface area contributed by atoms with Crippen LogP contribution in [0.4, 0.5) is 4.79 Å². The lowest BCUT2D eigenvalue weighted by Crippen LogP contribution is -2.54. The summed E-state index contributed by atoms with van der Waals surface area (Å²) in [4.78, 5) is 63.4. The van der Waals surface area contributed by atoms with Crippen molar-refractivity contribution in [2.45, 2.75) is 58.7 Å². The van der Waals surface area contributed by atoms with Crippen molar-refractivity contribution in [1.29, 1.82) is 0 Å². The molecular weight excluding hydrogens is 444 g/mol. The van der Waals surface area contributed by atoms with Gasteiger partial charge in [0.25, 0.3) is 0 Å². The number of alkyl carbamates (subject to hydrolysis) is 1. The van der Waals surface area contributed by atoms with Gasteiger partial charge >= 0.3 is 12.1 Å². The van der Waals surface area contributed by atoms with Crippen LogP contribution < -0.4 is 16.4 Å². The Bertz CT molecular complexity index is 911. The second-order valence-corrected chi connectivity index (χ2v) is 8.55. The van der Waals surface area contributed by atoms with Gasteiger partial charge in [-0.2, -0.15) is 0 Å². The highest BCUT2D eigenvalue weighted by atomic mass is 16.6. The van der Waals surface area contributed by atoms with Crippen LogP contribution >= 0.6 is 0 Å². The zero-order valence-corrected chi connectivity index (χ0v) is 20.5. The number of carbonyl (C=O) groups is 5. The fraction of sp³-hybridized carbons (Fsp3) is 0.522. The van der Waals surface area contributed by atoms with Crippen LogP contribution in [0.5, 0.6) is 0 Å². The molecule has 0 fully saturated rings. The summed E-state index contributed by atoms with van der Waals surface area (Å²) in [6.07, 6.45) is -1.41. The molecule has 2 unspecified atom stereocenters. The van der Waals surface area contributed by atoms with Crippen LogP contribution in [0.25, 0.3) is 0 Å². The third-order valence-corrected chi connectivity index (χ3v) is 4.70. The topological polar surface area (TPSA) is 157 Å². The van der Waals surface area contributed by atoms with Crippen LogP contribution in [0.3, 0.4) is 0 Å². The van der Waals surface area contributed by atoms with E-state index in [9.17, 15) is 24.0 Å². The largest absolute Gasteiger partial charge is 0.468 e. The van der Waals surface area contributed by atoms with Gasteiger partial charge < -0.3 is 30.7 Å². The van der Waals surface area contributed by atoms with E-state index in [4.69, 9.17) is 10.5 Å². The fourth-order valence-electron chi connectivity index (χ4n) is 3.19. The highest BCUT2D eigenvalue weighted by Gasteiger charge is 2.36. The number of hydrogen-bond donors (Lipinski definition) is 3. The summed E-state index contributed by atoms with van der Waals surface area (Å²) in [6.45, 7) is 8.01. The third-order valence-electron chi connectivity index (χ3n) is 4.70. The first-order valence-corrected chi connectivity index (χ1v) is 10.8.